The number of amides is 1. The van der Waals surface area contributed by atoms with E-state index in [0.29, 0.717) is 17.9 Å². The third kappa shape index (κ3) is 5.01. The van der Waals surface area contributed by atoms with Gasteiger partial charge in [0.15, 0.2) is 0 Å². The number of nitrogens with zero attached hydrogens (tertiary/aromatic N) is 2. The molecule has 2 bridgehead atoms. The third-order valence-corrected chi connectivity index (χ3v) is 12.2. The van der Waals surface area contributed by atoms with E-state index in [4.69, 9.17) is 0 Å². The largest absolute Gasteiger partial charge is 0.383 e. The van der Waals surface area contributed by atoms with Crippen LogP contribution in [0, 0.1) is 28.6 Å². The Balaban J connectivity index is 1.33. The summed E-state index contributed by atoms with van der Waals surface area (Å²) in [4.78, 5) is 17.8. The Morgan fingerprint density at radius 1 is 1.11 bits per heavy atom. The van der Waals surface area contributed by atoms with Gasteiger partial charge in [-0.25, -0.2) is 0 Å². The van der Waals surface area contributed by atoms with Crippen molar-refractivity contribution in [3.63, 3.8) is 0 Å². The molecule has 3 aliphatic carbocycles. The molecule has 1 aliphatic heterocycles. The van der Waals surface area contributed by atoms with Gasteiger partial charge in [0, 0.05) is 25.6 Å². The minimum atomic E-state index is -0.976. The number of rotatable bonds is 4. The van der Waals surface area contributed by atoms with Crippen LogP contribution in [0.25, 0.3) is 0 Å². The van der Waals surface area contributed by atoms with Crippen LogP contribution in [-0.2, 0) is 11.2 Å². The van der Waals surface area contributed by atoms with Crippen LogP contribution >= 0.6 is 0 Å². The Hall–Kier alpha value is -1.65. The highest BCUT2D eigenvalue weighted by Crippen LogP contribution is 2.65. The monoisotopic (exact) mass is 520 g/mol. The standard InChI is InChI=1S/C34H52N2O2/c1-24-26-13-14-27(22-26)30-16-15-28-23-29(36(5)32(38)31(37)21-25-11-7-6-8-12-25)17-19-33(28,2)34(30,3)18-9-10-20-35(24)4/h6-8,11-12,15,24,26-27,29-31,37H,9-10,13-14,16-23H2,1-5H3/t24-,26?,27+,29-,30-,31+,33-,34-/m0/s1. The van der Waals surface area contributed by atoms with Crippen molar-refractivity contribution in [1.29, 1.82) is 0 Å². The van der Waals surface area contributed by atoms with Crippen LogP contribution in [0.15, 0.2) is 42.0 Å². The second-order valence-electron chi connectivity index (χ2n) is 13.9. The molecule has 8 atom stereocenters. The van der Waals surface area contributed by atoms with Gasteiger partial charge in [-0.1, -0.05) is 62.2 Å². The Kier molecular flexibility index (Phi) is 8.14. The molecule has 1 aromatic rings. The van der Waals surface area contributed by atoms with E-state index in [2.05, 4.69) is 38.8 Å². The SMILES string of the molecule is C[C@H]1C2CC[C@H](C2)[C@@H]2CC=C3C[C@@H](N(C)C(=O)[C@H](O)Cc4ccccc4)CC[C@]3(C)[C@@]2(C)CCCCN1C. The normalized spacial score (nSPS) is 38.8. The molecule has 2 saturated carbocycles. The van der Waals surface area contributed by atoms with Gasteiger partial charge < -0.3 is 14.9 Å². The lowest BCUT2D eigenvalue weighted by molar-refractivity contribution is -0.142. The zero-order chi connectivity index (χ0) is 27.1. The van der Waals surface area contributed by atoms with Gasteiger partial charge in [-0.15, -0.1) is 0 Å². The summed E-state index contributed by atoms with van der Waals surface area (Å²) < 4.78 is 0. The molecule has 210 valence electrons. The average Bonchev–Trinajstić information content (AvgIpc) is 3.40. The molecule has 0 radical (unpaired) electrons. The second-order valence-corrected chi connectivity index (χ2v) is 13.9. The highest BCUT2D eigenvalue weighted by atomic mass is 16.3. The smallest absolute Gasteiger partial charge is 0.251 e. The number of allylic oxidation sites excluding steroid dienone is 1. The molecular weight excluding hydrogens is 468 g/mol. The molecule has 1 saturated heterocycles. The number of hydrogen-bond acceptors (Lipinski definition) is 3. The van der Waals surface area contributed by atoms with Crippen LogP contribution in [0.5, 0.6) is 0 Å². The van der Waals surface area contributed by atoms with Crippen molar-refractivity contribution in [1.82, 2.24) is 9.80 Å². The number of likely N-dealkylation sites (N-methyl/N-ethyl adjacent to an activating group) is 1. The quantitative estimate of drug-likeness (QED) is 0.462. The number of fused-ring (bicyclic) bond motifs is 6. The van der Waals surface area contributed by atoms with E-state index in [9.17, 15) is 9.90 Å². The lowest BCUT2D eigenvalue weighted by Gasteiger charge is -2.60. The Morgan fingerprint density at radius 2 is 1.84 bits per heavy atom. The van der Waals surface area contributed by atoms with E-state index in [0.717, 1.165) is 42.6 Å². The lowest BCUT2D eigenvalue weighted by Crippen LogP contribution is -2.54. The van der Waals surface area contributed by atoms with Crippen LogP contribution in [0.3, 0.4) is 0 Å². The fourth-order valence-corrected chi connectivity index (χ4v) is 9.21. The Bertz CT molecular complexity index is 1010. The summed E-state index contributed by atoms with van der Waals surface area (Å²) in [5.74, 6) is 2.35. The minimum absolute atomic E-state index is 0.131. The molecule has 1 heterocycles. The van der Waals surface area contributed by atoms with Crippen molar-refractivity contribution < 1.29 is 9.90 Å². The van der Waals surface area contributed by atoms with Crippen molar-refractivity contribution in [2.24, 2.45) is 28.6 Å². The van der Waals surface area contributed by atoms with E-state index in [1.807, 2.05) is 42.3 Å². The molecule has 1 unspecified atom stereocenters. The molecule has 4 aliphatic rings. The van der Waals surface area contributed by atoms with Gasteiger partial charge in [-0.05, 0) is 112 Å². The predicted molar refractivity (Wildman–Crippen MR) is 156 cm³/mol. The zero-order valence-electron chi connectivity index (χ0n) is 24.7. The maximum Gasteiger partial charge on any atom is 0.251 e. The maximum absolute atomic E-state index is 13.3. The van der Waals surface area contributed by atoms with Crippen molar-refractivity contribution in [3.8, 4) is 0 Å². The third-order valence-electron chi connectivity index (χ3n) is 12.2. The number of carbonyl (C=O) groups is 1. The first-order chi connectivity index (χ1) is 18.1. The van der Waals surface area contributed by atoms with Crippen LogP contribution < -0.4 is 0 Å². The molecule has 1 aromatic carbocycles. The van der Waals surface area contributed by atoms with Crippen LogP contribution in [-0.4, -0.2) is 59.6 Å². The summed E-state index contributed by atoms with van der Waals surface area (Å²) >= 11 is 0. The number of carbonyl (C=O) groups excluding carboxylic acids is 1. The fourth-order valence-electron chi connectivity index (χ4n) is 9.21. The predicted octanol–water partition coefficient (Wildman–Crippen LogP) is 6.48. The van der Waals surface area contributed by atoms with Crippen molar-refractivity contribution in [2.45, 2.75) is 110 Å². The first-order valence-corrected chi connectivity index (χ1v) is 15.5. The van der Waals surface area contributed by atoms with E-state index in [1.165, 1.54) is 51.5 Å². The van der Waals surface area contributed by atoms with Crippen molar-refractivity contribution in [3.05, 3.63) is 47.5 Å². The highest BCUT2D eigenvalue weighted by molar-refractivity contribution is 5.81. The summed E-state index contributed by atoms with van der Waals surface area (Å²) in [6, 6.07) is 10.8. The summed E-state index contributed by atoms with van der Waals surface area (Å²) in [5, 5.41) is 10.8. The van der Waals surface area contributed by atoms with Gasteiger partial charge in [0.05, 0.1) is 0 Å². The molecule has 4 nitrogen and oxygen atoms in total. The Morgan fingerprint density at radius 3 is 2.61 bits per heavy atom. The minimum Gasteiger partial charge on any atom is -0.383 e. The van der Waals surface area contributed by atoms with Crippen LogP contribution in [0.2, 0.25) is 0 Å². The molecule has 5 rings (SSSR count). The van der Waals surface area contributed by atoms with Gasteiger partial charge in [0.1, 0.15) is 6.10 Å². The fraction of sp³-hybridized carbons (Fsp3) is 0.735. The Labute approximate surface area is 231 Å². The highest BCUT2D eigenvalue weighted by Gasteiger charge is 2.57. The number of aliphatic hydroxyl groups excluding tert-OH is 1. The first-order valence-electron chi connectivity index (χ1n) is 15.5. The molecule has 3 fully saturated rings. The molecule has 1 amide bonds. The van der Waals surface area contributed by atoms with Crippen LogP contribution in [0.4, 0.5) is 0 Å². The maximum atomic E-state index is 13.3. The molecule has 0 aromatic heterocycles. The number of aliphatic hydroxyl groups is 1. The summed E-state index contributed by atoms with van der Waals surface area (Å²) in [6.45, 7) is 8.93. The van der Waals surface area contributed by atoms with Gasteiger partial charge in [-0.3, -0.25) is 4.79 Å². The van der Waals surface area contributed by atoms with Crippen molar-refractivity contribution in [2.75, 3.05) is 20.6 Å². The van der Waals surface area contributed by atoms with E-state index < -0.39 is 6.10 Å². The summed E-state index contributed by atoms with van der Waals surface area (Å²) in [7, 11) is 4.27. The second kappa shape index (κ2) is 11.1. The molecule has 38 heavy (non-hydrogen) atoms. The van der Waals surface area contributed by atoms with Gasteiger partial charge in [0.25, 0.3) is 5.91 Å². The van der Waals surface area contributed by atoms with E-state index in [1.54, 1.807) is 5.57 Å². The van der Waals surface area contributed by atoms with Crippen molar-refractivity contribution >= 4 is 5.91 Å². The zero-order valence-corrected chi connectivity index (χ0v) is 24.7. The van der Waals surface area contributed by atoms with Gasteiger partial charge in [-0.2, -0.15) is 0 Å². The first kappa shape index (κ1) is 27.9. The number of hydrogen-bond donors (Lipinski definition) is 1. The number of benzene rings is 1. The van der Waals surface area contributed by atoms with Crippen LogP contribution in [0.1, 0.15) is 90.5 Å². The van der Waals surface area contributed by atoms with E-state index >= 15 is 0 Å². The lowest BCUT2D eigenvalue weighted by atomic mass is 9.45. The van der Waals surface area contributed by atoms with Gasteiger partial charge >= 0.3 is 0 Å². The topological polar surface area (TPSA) is 43.8 Å². The molecule has 4 heteroatoms. The molecular formula is C34H52N2O2. The molecule has 0 spiro atoms. The van der Waals surface area contributed by atoms with E-state index in [-0.39, 0.29) is 17.4 Å². The summed E-state index contributed by atoms with van der Waals surface area (Å²) in [6.07, 6.45) is 14.5. The summed E-state index contributed by atoms with van der Waals surface area (Å²) in [5.41, 5.74) is 3.14. The molecule has 1 N–H and O–H groups in total. The van der Waals surface area contributed by atoms with Gasteiger partial charge in [0.2, 0.25) is 0 Å². The average molecular weight is 521 g/mol.